The molecule has 0 radical (unpaired) electrons. The van der Waals surface area contributed by atoms with Crippen molar-refractivity contribution in [2.24, 2.45) is 0 Å². The van der Waals surface area contributed by atoms with Crippen LogP contribution in [0.2, 0.25) is 0 Å². The summed E-state index contributed by atoms with van der Waals surface area (Å²) in [6.07, 6.45) is 7.84. The number of carbonyl (C=O) groups is 1. The number of ether oxygens (including phenoxy) is 1. The Bertz CT molecular complexity index is 382. The summed E-state index contributed by atoms with van der Waals surface area (Å²) >= 11 is 0. The third-order valence-corrected chi connectivity index (χ3v) is 1.70. The summed E-state index contributed by atoms with van der Waals surface area (Å²) in [4.78, 5) is 14.5. The molecule has 0 saturated carbocycles. The quantitative estimate of drug-likeness (QED) is 0.585. The van der Waals surface area contributed by atoms with Crippen LogP contribution in [0.5, 0.6) is 5.88 Å². The highest BCUT2D eigenvalue weighted by Crippen LogP contribution is 2.09. The van der Waals surface area contributed by atoms with Gasteiger partial charge in [-0.25, -0.2) is 9.78 Å². The summed E-state index contributed by atoms with van der Waals surface area (Å²) in [6.45, 7) is 0.445. The van der Waals surface area contributed by atoms with Crippen LogP contribution in [0, 0.1) is 12.3 Å². The highest BCUT2D eigenvalue weighted by molar-refractivity contribution is 5.87. The maximum Gasteiger partial charge on any atom is 0.335 e. The maximum atomic E-state index is 10.6. The Morgan fingerprint density at radius 2 is 2.47 bits per heavy atom. The van der Waals surface area contributed by atoms with E-state index in [9.17, 15) is 4.79 Å². The molecule has 0 aliphatic carbocycles. The van der Waals surface area contributed by atoms with Gasteiger partial charge in [0.1, 0.15) is 0 Å². The van der Waals surface area contributed by atoms with Crippen molar-refractivity contribution >= 4 is 5.97 Å². The fourth-order valence-corrected chi connectivity index (χ4v) is 0.972. The molecule has 0 fully saturated rings. The van der Waals surface area contributed by atoms with Crippen molar-refractivity contribution in [1.29, 1.82) is 0 Å². The topological polar surface area (TPSA) is 59.4 Å². The van der Waals surface area contributed by atoms with Crippen LogP contribution in [-0.2, 0) is 0 Å². The lowest BCUT2D eigenvalue weighted by Crippen LogP contribution is -2.01. The molecule has 1 heterocycles. The van der Waals surface area contributed by atoms with Crippen LogP contribution in [0.3, 0.4) is 0 Å². The first-order valence-electron chi connectivity index (χ1n) is 4.49. The van der Waals surface area contributed by atoms with E-state index in [1.807, 2.05) is 0 Å². The van der Waals surface area contributed by atoms with E-state index in [1.54, 1.807) is 0 Å². The van der Waals surface area contributed by atoms with Crippen molar-refractivity contribution in [2.45, 2.75) is 12.8 Å². The molecule has 0 aliphatic heterocycles. The molecule has 0 saturated heterocycles. The van der Waals surface area contributed by atoms with E-state index in [2.05, 4.69) is 10.9 Å². The molecule has 0 unspecified atom stereocenters. The van der Waals surface area contributed by atoms with Gasteiger partial charge in [-0.15, -0.1) is 12.3 Å². The van der Waals surface area contributed by atoms with Crippen LogP contribution < -0.4 is 4.74 Å². The van der Waals surface area contributed by atoms with E-state index in [4.69, 9.17) is 16.3 Å². The van der Waals surface area contributed by atoms with Gasteiger partial charge < -0.3 is 9.84 Å². The van der Waals surface area contributed by atoms with Crippen LogP contribution in [0.4, 0.5) is 0 Å². The minimum atomic E-state index is -0.995. The van der Waals surface area contributed by atoms with Crippen molar-refractivity contribution in [1.82, 2.24) is 4.98 Å². The Morgan fingerprint density at radius 1 is 1.67 bits per heavy atom. The van der Waals surface area contributed by atoms with E-state index >= 15 is 0 Å². The normalized spacial score (nSPS) is 9.27. The molecule has 4 nitrogen and oxygen atoms in total. The molecule has 0 aliphatic rings. The van der Waals surface area contributed by atoms with Crippen LogP contribution in [0.25, 0.3) is 0 Å². The fraction of sp³-hybridized carbons (Fsp3) is 0.273. The maximum absolute atomic E-state index is 10.6. The molecule has 0 spiro atoms. The highest BCUT2D eigenvalue weighted by Gasteiger charge is 2.04. The second kappa shape index (κ2) is 5.66. The van der Waals surface area contributed by atoms with Crippen LogP contribution in [0.1, 0.15) is 23.2 Å². The predicted molar refractivity (Wildman–Crippen MR) is 54.8 cm³/mol. The summed E-state index contributed by atoms with van der Waals surface area (Å²) in [5.74, 6) is 1.81. The van der Waals surface area contributed by atoms with Gasteiger partial charge in [0.25, 0.3) is 0 Å². The molecule has 0 bridgehead atoms. The summed E-state index contributed by atoms with van der Waals surface area (Å²) in [7, 11) is 0. The van der Waals surface area contributed by atoms with Gasteiger partial charge in [0, 0.05) is 18.7 Å². The molecule has 0 aromatic carbocycles. The SMILES string of the molecule is C#CCCCOc1cc(C(=O)O)ccn1. The summed E-state index contributed by atoms with van der Waals surface area (Å²) in [6, 6.07) is 2.80. The van der Waals surface area contributed by atoms with Gasteiger partial charge in [0.15, 0.2) is 0 Å². The highest BCUT2D eigenvalue weighted by atomic mass is 16.5. The zero-order valence-corrected chi connectivity index (χ0v) is 8.14. The number of carboxylic acid groups (broad SMARTS) is 1. The Hall–Kier alpha value is -2.02. The van der Waals surface area contributed by atoms with Crippen molar-refractivity contribution in [3.8, 4) is 18.2 Å². The van der Waals surface area contributed by atoms with E-state index in [-0.39, 0.29) is 5.56 Å². The number of rotatable bonds is 5. The molecule has 1 rings (SSSR count). The minimum absolute atomic E-state index is 0.164. The largest absolute Gasteiger partial charge is 0.478 e. The molecular weight excluding hydrogens is 194 g/mol. The molecule has 78 valence electrons. The van der Waals surface area contributed by atoms with E-state index < -0.39 is 5.97 Å². The van der Waals surface area contributed by atoms with Gasteiger partial charge in [0.05, 0.1) is 12.2 Å². The Morgan fingerprint density at radius 3 is 3.13 bits per heavy atom. The molecule has 1 aromatic heterocycles. The lowest BCUT2D eigenvalue weighted by molar-refractivity contribution is 0.0696. The number of hydrogen-bond acceptors (Lipinski definition) is 3. The smallest absolute Gasteiger partial charge is 0.335 e. The van der Waals surface area contributed by atoms with Crippen molar-refractivity contribution in [2.75, 3.05) is 6.61 Å². The van der Waals surface area contributed by atoms with Crippen LogP contribution >= 0.6 is 0 Å². The third-order valence-electron chi connectivity index (χ3n) is 1.70. The lowest BCUT2D eigenvalue weighted by atomic mass is 10.3. The molecule has 1 N–H and O–H groups in total. The first-order valence-corrected chi connectivity index (χ1v) is 4.49. The Balaban J connectivity index is 2.51. The summed E-state index contributed by atoms with van der Waals surface area (Å²) in [5.41, 5.74) is 0.164. The number of aromatic carboxylic acids is 1. The second-order valence-corrected chi connectivity index (χ2v) is 2.84. The van der Waals surface area contributed by atoms with Crippen molar-refractivity contribution in [3.05, 3.63) is 23.9 Å². The zero-order chi connectivity index (χ0) is 11.1. The minimum Gasteiger partial charge on any atom is -0.478 e. The summed E-state index contributed by atoms with van der Waals surface area (Å²) in [5, 5.41) is 8.71. The molecule has 0 amide bonds. The number of terminal acetylenes is 1. The number of unbranched alkanes of at least 4 members (excludes halogenated alkanes) is 1. The van der Waals surface area contributed by atoms with Gasteiger partial charge in [0.2, 0.25) is 5.88 Å². The standard InChI is InChI=1S/C11H11NO3/c1-2-3-4-7-15-10-8-9(11(13)14)5-6-12-10/h1,5-6,8H,3-4,7H2,(H,13,14). The van der Waals surface area contributed by atoms with Crippen LogP contribution in [-0.4, -0.2) is 22.7 Å². The lowest BCUT2D eigenvalue weighted by Gasteiger charge is -2.03. The number of hydrogen-bond donors (Lipinski definition) is 1. The first-order chi connectivity index (χ1) is 7.24. The number of aromatic nitrogens is 1. The average Bonchev–Trinajstić information content (AvgIpc) is 2.25. The van der Waals surface area contributed by atoms with Gasteiger partial charge in [-0.1, -0.05) is 0 Å². The molecule has 0 atom stereocenters. The molecule has 15 heavy (non-hydrogen) atoms. The van der Waals surface area contributed by atoms with Crippen molar-refractivity contribution in [3.63, 3.8) is 0 Å². The van der Waals surface area contributed by atoms with Gasteiger partial charge in [-0.3, -0.25) is 0 Å². The van der Waals surface area contributed by atoms with Gasteiger partial charge >= 0.3 is 5.97 Å². The third kappa shape index (κ3) is 3.69. The Labute approximate surface area is 87.9 Å². The number of pyridine rings is 1. The van der Waals surface area contributed by atoms with Gasteiger partial charge in [-0.2, -0.15) is 0 Å². The average molecular weight is 205 g/mol. The fourth-order valence-electron chi connectivity index (χ4n) is 0.972. The van der Waals surface area contributed by atoms with Crippen molar-refractivity contribution < 1.29 is 14.6 Å². The van der Waals surface area contributed by atoms with Crippen LogP contribution in [0.15, 0.2) is 18.3 Å². The first kappa shape index (κ1) is 11.1. The van der Waals surface area contributed by atoms with E-state index in [0.717, 1.165) is 6.42 Å². The monoisotopic (exact) mass is 205 g/mol. The molecule has 4 heteroatoms. The van der Waals surface area contributed by atoms with Gasteiger partial charge in [-0.05, 0) is 12.5 Å². The summed E-state index contributed by atoms with van der Waals surface area (Å²) < 4.78 is 5.23. The number of nitrogens with zero attached hydrogens (tertiary/aromatic N) is 1. The van der Waals surface area contributed by atoms with E-state index in [0.29, 0.717) is 18.9 Å². The molecule has 1 aromatic rings. The zero-order valence-electron chi connectivity index (χ0n) is 8.14. The van der Waals surface area contributed by atoms with E-state index in [1.165, 1.54) is 18.3 Å². The molecular formula is C11H11NO3. The predicted octanol–water partition coefficient (Wildman–Crippen LogP) is 1.57. The Kier molecular flexibility index (Phi) is 4.17. The second-order valence-electron chi connectivity index (χ2n) is 2.84. The number of carboxylic acids is 1.